The van der Waals surface area contributed by atoms with Gasteiger partial charge in [-0.05, 0) is 25.4 Å². The predicted octanol–water partition coefficient (Wildman–Crippen LogP) is 1.05. The average Bonchev–Trinajstić information content (AvgIpc) is 2.33. The van der Waals surface area contributed by atoms with Gasteiger partial charge in [0.2, 0.25) is 0 Å². The van der Waals surface area contributed by atoms with E-state index in [1.807, 2.05) is 0 Å². The number of nitrogens with one attached hydrogen (secondary N) is 1. The molecule has 2 saturated heterocycles. The van der Waals surface area contributed by atoms with Crippen LogP contribution in [0.5, 0.6) is 0 Å². The van der Waals surface area contributed by atoms with Crippen molar-refractivity contribution in [2.45, 2.75) is 13.3 Å². The highest BCUT2D eigenvalue weighted by Crippen LogP contribution is 2.38. The monoisotopic (exact) mass is 177 g/mol. The molecule has 2 aliphatic heterocycles. The number of rotatable bonds is 1. The Kier molecular flexibility index (Phi) is 2.79. The maximum atomic E-state index is 5.22. The van der Waals surface area contributed by atoms with Crippen LogP contribution in [0.15, 0.2) is 0 Å². The van der Waals surface area contributed by atoms with Crippen LogP contribution in [0.2, 0.25) is 0 Å². The molecule has 1 unspecified atom stereocenters. The fraction of sp³-hybridized carbons (Fsp3) is 1.00. The highest BCUT2D eigenvalue weighted by molar-refractivity contribution is 5.85. The molecule has 0 amide bonds. The first-order valence-electron chi connectivity index (χ1n) is 4.10. The van der Waals surface area contributed by atoms with Crippen molar-refractivity contribution in [2.24, 2.45) is 11.3 Å². The zero-order chi connectivity index (χ0) is 7.03. The molecule has 1 N–H and O–H groups in total. The highest BCUT2D eigenvalue weighted by Gasteiger charge is 2.41. The molecule has 66 valence electrons. The zero-order valence-corrected chi connectivity index (χ0v) is 7.75. The molecule has 0 radical (unpaired) electrons. The van der Waals surface area contributed by atoms with E-state index < -0.39 is 0 Å². The van der Waals surface area contributed by atoms with Gasteiger partial charge in [0, 0.05) is 5.41 Å². The van der Waals surface area contributed by atoms with Crippen LogP contribution in [-0.4, -0.2) is 26.3 Å². The van der Waals surface area contributed by atoms with E-state index in [0.29, 0.717) is 5.41 Å². The van der Waals surface area contributed by atoms with Crippen LogP contribution >= 0.6 is 12.4 Å². The van der Waals surface area contributed by atoms with Crippen molar-refractivity contribution in [1.82, 2.24) is 5.32 Å². The van der Waals surface area contributed by atoms with Gasteiger partial charge in [0.1, 0.15) is 0 Å². The molecule has 0 saturated carbocycles. The third kappa shape index (κ3) is 1.53. The van der Waals surface area contributed by atoms with Gasteiger partial charge in [-0.25, -0.2) is 0 Å². The van der Waals surface area contributed by atoms with Gasteiger partial charge >= 0.3 is 0 Å². The van der Waals surface area contributed by atoms with Gasteiger partial charge < -0.3 is 10.1 Å². The average molecular weight is 178 g/mol. The van der Waals surface area contributed by atoms with E-state index in [2.05, 4.69) is 12.2 Å². The van der Waals surface area contributed by atoms with E-state index in [1.54, 1.807) is 0 Å². The SMILES string of the molecule is CC1(C2CCNC2)COC1.Cl. The fourth-order valence-electron chi connectivity index (χ4n) is 1.91. The van der Waals surface area contributed by atoms with Gasteiger partial charge in [-0.3, -0.25) is 0 Å². The van der Waals surface area contributed by atoms with Crippen LogP contribution < -0.4 is 5.32 Å². The highest BCUT2D eigenvalue weighted by atomic mass is 35.5. The summed E-state index contributed by atoms with van der Waals surface area (Å²) in [6, 6.07) is 0. The molecular formula is C8H16ClNO. The number of hydrogen-bond acceptors (Lipinski definition) is 2. The van der Waals surface area contributed by atoms with Crippen LogP contribution in [-0.2, 0) is 4.74 Å². The van der Waals surface area contributed by atoms with E-state index in [4.69, 9.17) is 4.74 Å². The summed E-state index contributed by atoms with van der Waals surface area (Å²) in [7, 11) is 0. The number of halogens is 1. The molecule has 2 nitrogen and oxygen atoms in total. The van der Waals surface area contributed by atoms with E-state index in [1.165, 1.54) is 19.5 Å². The predicted molar refractivity (Wildman–Crippen MR) is 47.2 cm³/mol. The van der Waals surface area contributed by atoms with Gasteiger partial charge in [0.15, 0.2) is 0 Å². The number of ether oxygens (including phenoxy) is 1. The molecule has 3 heteroatoms. The summed E-state index contributed by atoms with van der Waals surface area (Å²) in [6.45, 7) is 6.73. The topological polar surface area (TPSA) is 21.3 Å². The Labute approximate surface area is 74.1 Å². The molecule has 0 spiro atoms. The third-order valence-electron chi connectivity index (χ3n) is 2.91. The standard InChI is InChI=1S/C8H15NO.ClH/c1-8(5-10-6-8)7-2-3-9-4-7;/h7,9H,2-6H2,1H3;1H. The van der Waals surface area contributed by atoms with E-state index in [9.17, 15) is 0 Å². The van der Waals surface area contributed by atoms with Crippen LogP contribution in [0.3, 0.4) is 0 Å². The van der Waals surface area contributed by atoms with E-state index >= 15 is 0 Å². The van der Waals surface area contributed by atoms with Gasteiger partial charge in [-0.2, -0.15) is 0 Å². The number of hydrogen-bond donors (Lipinski definition) is 1. The lowest BCUT2D eigenvalue weighted by Crippen LogP contribution is -2.46. The lowest BCUT2D eigenvalue weighted by atomic mass is 9.75. The second kappa shape index (κ2) is 3.30. The van der Waals surface area contributed by atoms with Crippen LogP contribution in [0, 0.1) is 11.3 Å². The molecule has 2 rings (SSSR count). The van der Waals surface area contributed by atoms with Crippen molar-refractivity contribution in [3.05, 3.63) is 0 Å². The van der Waals surface area contributed by atoms with Crippen molar-refractivity contribution < 1.29 is 4.74 Å². The molecule has 0 bridgehead atoms. The summed E-state index contributed by atoms with van der Waals surface area (Å²) in [5, 5.41) is 3.39. The largest absolute Gasteiger partial charge is 0.380 e. The first kappa shape index (κ1) is 9.30. The molecule has 2 aliphatic rings. The van der Waals surface area contributed by atoms with Crippen molar-refractivity contribution in [1.29, 1.82) is 0 Å². The summed E-state index contributed by atoms with van der Waals surface area (Å²) in [5.41, 5.74) is 0.517. The Hall–Kier alpha value is 0.210. The van der Waals surface area contributed by atoms with Gasteiger partial charge in [-0.15, -0.1) is 12.4 Å². The summed E-state index contributed by atoms with van der Waals surface area (Å²) in [6.07, 6.45) is 1.35. The quantitative estimate of drug-likeness (QED) is 0.647. The molecule has 0 aromatic rings. The molecule has 0 aliphatic carbocycles. The Morgan fingerprint density at radius 3 is 2.55 bits per heavy atom. The lowest BCUT2D eigenvalue weighted by Gasteiger charge is -2.42. The first-order chi connectivity index (χ1) is 4.81. The Bertz CT molecular complexity index is 130. The van der Waals surface area contributed by atoms with Crippen LogP contribution in [0.1, 0.15) is 13.3 Å². The molecule has 1 atom stereocenters. The molecule has 0 aromatic heterocycles. The Balaban J connectivity index is 0.000000605. The van der Waals surface area contributed by atoms with E-state index in [-0.39, 0.29) is 12.4 Å². The summed E-state index contributed by atoms with van der Waals surface area (Å²) in [5.74, 6) is 0.876. The van der Waals surface area contributed by atoms with Gasteiger partial charge in [0.25, 0.3) is 0 Å². The maximum Gasteiger partial charge on any atom is 0.0545 e. The summed E-state index contributed by atoms with van der Waals surface area (Å²) < 4.78 is 5.22. The molecular weight excluding hydrogens is 162 g/mol. The molecule has 2 heterocycles. The van der Waals surface area contributed by atoms with Crippen LogP contribution in [0.4, 0.5) is 0 Å². The second-order valence-electron chi connectivity index (χ2n) is 3.84. The second-order valence-corrected chi connectivity index (χ2v) is 3.84. The molecule has 0 aromatic carbocycles. The zero-order valence-electron chi connectivity index (χ0n) is 6.93. The van der Waals surface area contributed by atoms with Crippen molar-refractivity contribution in [3.8, 4) is 0 Å². The van der Waals surface area contributed by atoms with Crippen molar-refractivity contribution >= 4 is 12.4 Å². The maximum absolute atomic E-state index is 5.22. The minimum Gasteiger partial charge on any atom is -0.380 e. The van der Waals surface area contributed by atoms with Crippen LogP contribution in [0.25, 0.3) is 0 Å². The third-order valence-corrected chi connectivity index (χ3v) is 2.91. The van der Waals surface area contributed by atoms with Crippen molar-refractivity contribution in [3.63, 3.8) is 0 Å². The van der Waals surface area contributed by atoms with E-state index in [0.717, 1.165) is 19.1 Å². The lowest BCUT2D eigenvalue weighted by molar-refractivity contribution is -0.130. The summed E-state index contributed by atoms with van der Waals surface area (Å²) in [4.78, 5) is 0. The Morgan fingerprint density at radius 2 is 2.18 bits per heavy atom. The van der Waals surface area contributed by atoms with Gasteiger partial charge in [0.05, 0.1) is 13.2 Å². The fourth-order valence-corrected chi connectivity index (χ4v) is 1.91. The normalized spacial score (nSPS) is 34.1. The first-order valence-corrected chi connectivity index (χ1v) is 4.10. The minimum absolute atomic E-state index is 0. The molecule has 2 fully saturated rings. The molecule has 11 heavy (non-hydrogen) atoms. The minimum atomic E-state index is 0. The smallest absolute Gasteiger partial charge is 0.0545 e. The van der Waals surface area contributed by atoms with Crippen molar-refractivity contribution in [2.75, 3.05) is 26.3 Å². The Morgan fingerprint density at radius 1 is 1.45 bits per heavy atom. The van der Waals surface area contributed by atoms with Gasteiger partial charge in [-0.1, -0.05) is 6.92 Å². The summed E-state index contributed by atoms with van der Waals surface area (Å²) >= 11 is 0.